The third-order valence-electron chi connectivity index (χ3n) is 5.87. The van der Waals surface area contributed by atoms with E-state index < -0.39 is 16.9 Å². The standard InChI is InChI=1S/C27H26BrN3O6S/c1-5-19-22(26(33)36-4)23(17-9-7-6-8-10-17)30-25(32)21(38-27(30)29-19)13-16-11-18(28)24(37-14-15(2)3)20(12-16)31(34)35/h6-13,15,23H,5,14H2,1-4H3/b21-13+/t23-/m0/s1. The number of hydrogen-bond acceptors (Lipinski definition) is 8. The Hall–Kier alpha value is -3.57. The second-order valence-electron chi connectivity index (χ2n) is 9.01. The van der Waals surface area contributed by atoms with Crippen molar-refractivity contribution < 1.29 is 19.2 Å². The van der Waals surface area contributed by atoms with Crippen molar-refractivity contribution in [3.8, 4) is 5.75 Å². The lowest BCUT2D eigenvalue weighted by Crippen LogP contribution is -2.40. The summed E-state index contributed by atoms with van der Waals surface area (Å²) < 4.78 is 13.0. The van der Waals surface area contributed by atoms with Crippen molar-refractivity contribution in [3.05, 3.63) is 99.1 Å². The monoisotopic (exact) mass is 599 g/mol. The molecule has 198 valence electrons. The number of benzene rings is 2. The van der Waals surface area contributed by atoms with E-state index in [1.165, 1.54) is 17.7 Å². The quantitative estimate of drug-likeness (QED) is 0.214. The SMILES string of the molecule is CCC1=C(C(=O)OC)[C@H](c2ccccc2)n2c(s/c(=C/c3cc(Br)c(OCC(C)C)c([N+](=O)[O-])c3)c2=O)=N1. The molecule has 0 fully saturated rings. The Morgan fingerprint density at radius 3 is 2.61 bits per heavy atom. The number of nitro groups is 1. The average molecular weight is 600 g/mol. The van der Waals surface area contributed by atoms with Crippen molar-refractivity contribution in [2.45, 2.75) is 33.2 Å². The fourth-order valence-corrected chi connectivity index (χ4v) is 5.78. The van der Waals surface area contributed by atoms with Gasteiger partial charge in [-0.2, -0.15) is 0 Å². The molecule has 3 aromatic rings. The predicted molar refractivity (Wildman–Crippen MR) is 148 cm³/mol. The van der Waals surface area contributed by atoms with Gasteiger partial charge in [-0.1, -0.05) is 62.4 Å². The zero-order valence-corrected chi connectivity index (χ0v) is 23.7. The van der Waals surface area contributed by atoms with E-state index >= 15 is 0 Å². The summed E-state index contributed by atoms with van der Waals surface area (Å²) in [4.78, 5) is 43.0. The molecule has 2 heterocycles. The van der Waals surface area contributed by atoms with Gasteiger partial charge in [-0.15, -0.1) is 0 Å². The Morgan fingerprint density at radius 1 is 1.29 bits per heavy atom. The molecule has 4 rings (SSSR count). The van der Waals surface area contributed by atoms with Crippen LogP contribution in [-0.4, -0.2) is 29.2 Å². The topological polar surface area (TPSA) is 113 Å². The summed E-state index contributed by atoms with van der Waals surface area (Å²) in [6.07, 6.45) is 2.05. The zero-order valence-electron chi connectivity index (χ0n) is 21.3. The number of fused-ring (bicyclic) bond motifs is 1. The molecule has 0 aliphatic carbocycles. The number of thiazole rings is 1. The molecule has 0 radical (unpaired) electrons. The molecule has 11 heteroatoms. The van der Waals surface area contributed by atoms with Crippen LogP contribution in [-0.2, 0) is 9.53 Å². The van der Waals surface area contributed by atoms with Gasteiger partial charge in [0.05, 0.1) is 45.0 Å². The molecule has 1 atom stereocenters. The van der Waals surface area contributed by atoms with E-state index in [9.17, 15) is 19.7 Å². The average Bonchev–Trinajstić information content (AvgIpc) is 3.20. The second kappa shape index (κ2) is 11.4. The van der Waals surface area contributed by atoms with Crippen molar-refractivity contribution in [1.29, 1.82) is 0 Å². The maximum absolute atomic E-state index is 13.7. The maximum atomic E-state index is 13.7. The van der Waals surface area contributed by atoms with Crippen LogP contribution in [0, 0.1) is 16.0 Å². The van der Waals surface area contributed by atoms with E-state index in [2.05, 4.69) is 20.9 Å². The predicted octanol–water partition coefficient (Wildman–Crippen LogP) is 4.50. The molecule has 1 aromatic heterocycles. The Labute approximate surface area is 231 Å². The number of allylic oxidation sites excluding steroid dienone is 1. The summed E-state index contributed by atoms with van der Waals surface area (Å²) in [7, 11) is 1.30. The minimum Gasteiger partial charge on any atom is -0.486 e. The van der Waals surface area contributed by atoms with Crippen LogP contribution in [0.25, 0.3) is 6.08 Å². The van der Waals surface area contributed by atoms with Crippen molar-refractivity contribution in [3.63, 3.8) is 0 Å². The van der Waals surface area contributed by atoms with Crippen LogP contribution >= 0.6 is 27.3 Å². The highest BCUT2D eigenvalue weighted by molar-refractivity contribution is 9.10. The van der Waals surface area contributed by atoms with E-state index in [4.69, 9.17) is 9.47 Å². The van der Waals surface area contributed by atoms with E-state index in [0.717, 1.165) is 16.9 Å². The molecular formula is C27H26BrN3O6S. The number of nitrogens with zero attached hydrogens (tertiary/aromatic N) is 3. The molecular weight excluding hydrogens is 574 g/mol. The van der Waals surface area contributed by atoms with E-state index in [-0.39, 0.29) is 22.9 Å². The molecule has 2 aromatic carbocycles. The number of esters is 1. The van der Waals surface area contributed by atoms with Crippen LogP contribution in [0.5, 0.6) is 5.75 Å². The fraction of sp³-hybridized carbons (Fsp3) is 0.296. The number of carbonyl (C=O) groups is 1. The van der Waals surface area contributed by atoms with Gasteiger partial charge in [-0.05, 0) is 51.5 Å². The van der Waals surface area contributed by atoms with Crippen LogP contribution < -0.4 is 19.6 Å². The Balaban J connectivity index is 1.92. The molecule has 0 bridgehead atoms. The van der Waals surface area contributed by atoms with Crippen molar-refractivity contribution in [1.82, 2.24) is 4.57 Å². The number of carbonyl (C=O) groups excluding carboxylic acids is 1. The van der Waals surface area contributed by atoms with Gasteiger partial charge in [0.25, 0.3) is 5.56 Å². The second-order valence-corrected chi connectivity index (χ2v) is 10.9. The van der Waals surface area contributed by atoms with E-state index in [0.29, 0.717) is 43.7 Å². The van der Waals surface area contributed by atoms with Gasteiger partial charge < -0.3 is 9.47 Å². The normalized spacial score (nSPS) is 15.3. The van der Waals surface area contributed by atoms with Gasteiger partial charge in [0.15, 0.2) is 4.80 Å². The largest absolute Gasteiger partial charge is 0.486 e. The highest BCUT2D eigenvalue weighted by Crippen LogP contribution is 2.37. The molecule has 0 amide bonds. The number of ether oxygens (including phenoxy) is 2. The molecule has 1 aliphatic rings. The lowest BCUT2D eigenvalue weighted by Gasteiger charge is -2.25. The first-order valence-corrected chi connectivity index (χ1v) is 13.6. The van der Waals surface area contributed by atoms with E-state index in [1.54, 1.807) is 12.1 Å². The molecule has 38 heavy (non-hydrogen) atoms. The molecule has 0 saturated carbocycles. The van der Waals surface area contributed by atoms with E-state index in [1.807, 2.05) is 51.1 Å². The van der Waals surface area contributed by atoms with Gasteiger partial charge in [0, 0.05) is 6.07 Å². The number of rotatable bonds is 8. The summed E-state index contributed by atoms with van der Waals surface area (Å²) in [6, 6.07) is 11.6. The third-order valence-corrected chi connectivity index (χ3v) is 7.44. The van der Waals surface area contributed by atoms with Crippen molar-refractivity contribution >= 4 is 45.0 Å². The number of hydrogen-bond donors (Lipinski definition) is 0. The number of halogens is 1. The Bertz CT molecular complexity index is 1610. The fourth-order valence-electron chi connectivity index (χ4n) is 4.18. The van der Waals surface area contributed by atoms with Gasteiger partial charge in [-0.3, -0.25) is 19.5 Å². The molecule has 0 unspecified atom stereocenters. The molecule has 0 saturated heterocycles. The lowest BCUT2D eigenvalue weighted by molar-refractivity contribution is -0.386. The maximum Gasteiger partial charge on any atom is 0.338 e. The van der Waals surface area contributed by atoms with Gasteiger partial charge >= 0.3 is 11.7 Å². The van der Waals surface area contributed by atoms with Gasteiger partial charge in [0.1, 0.15) is 0 Å². The Morgan fingerprint density at radius 2 is 2.00 bits per heavy atom. The first-order valence-electron chi connectivity index (χ1n) is 11.9. The lowest BCUT2D eigenvalue weighted by atomic mass is 9.95. The summed E-state index contributed by atoms with van der Waals surface area (Å²) in [6.45, 7) is 6.11. The summed E-state index contributed by atoms with van der Waals surface area (Å²) in [5, 5.41) is 11.8. The molecule has 0 spiro atoms. The molecule has 9 nitrogen and oxygen atoms in total. The van der Waals surface area contributed by atoms with Gasteiger partial charge in [-0.25, -0.2) is 9.79 Å². The van der Waals surface area contributed by atoms with Crippen molar-refractivity contribution in [2.75, 3.05) is 13.7 Å². The van der Waals surface area contributed by atoms with Crippen LogP contribution in [0.2, 0.25) is 0 Å². The smallest absolute Gasteiger partial charge is 0.338 e. The van der Waals surface area contributed by atoms with Gasteiger partial charge in [0.2, 0.25) is 5.75 Å². The minimum atomic E-state index is -0.718. The van der Waals surface area contributed by atoms with Crippen LogP contribution in [0.15, 0.2) is 68.0 Å². The van der Waals surface area contributed by atoms with Crippen LogP contribution in [0.3, 0.4) is 0 Å². The number of aromatic nitrogens is 1. The summed E-state index contributed by atoms with van der Waals surface area (Å²) in [5.41, 5.74) is 1.48. The summed E-state index contributed by atoms with van der Waals surface area (Å²) in [5.74, 6) is -0.227. The number of methoxy groups -OCH3 is 1. The molecule has 0 N–H and O–H groups in total. The zero-order chi connectivity index (χ0) is 27.6. The summed E-state index contributed by atoms with van der Waals surface area (Å²) >= 11 is 4.55. The first-order chi connectivity index (χ1) is 18.2. The first kappa shape index (κ1) is 27.5. The highest BCUT2D eigenvalue weighted by atomic mass is 79.9. The van der Waals surface area contributed by atoms with Crippen LogP contribution in [0.4, 0.5) is 5.69 Å². The third kappa shape index (κ3) is 5.34. The van der Waals surface area contributed by atoms with Crippen molar-refractivity contribution in [2.24, 2.45) is 10.9 Å². The minimum absolute atomic E-state index is 0.140. The molecule has 1 aliphatic heterocycles. The van der Waals surface area contributed by atoms with Crippen LogP contribution in [0.1, 0.15) is 44.4 Å². The number of nitro benzene ring substituents is 1. The Kier molecular flexibility index (Phi) is 8.27. The highest BCUT2D eigenvalue weighted by Gasteiger charge is 2.33.